The van der Waals surface area contributed by atoms with Gasteiger partial charge in [0.25, 0.3) is 5.69 Å². The lowest BCUT2D eigenvalue weighted by Gasteiger charge is -2.06. The third-order valence-corrected chi connectivity index (χ3v) is 3.23. The Labute approximate surface area is 112 Å². The SMILES string of the molecule is O=C(O)c1cc(NCc2ccsc2)ccc1[N+](=O)[O-]. The molecule has 19 heavy (non-hydrogen) atoms. The second-order valence-corrected chi connectivity index (χ2v) is 4.56. The van der Waals surface area contributed by atoms with Crippen molar-refractivity contribution >= 4 is 28.7 Å². The molecule has 2 rings (SSSR count). The average molecular weight is 278 g/mol. The van der Waals surface area contributed by atoms with E-state index in [1.807, 2.05) is 16.8 Å². The van der Waals surface area contributed by atoms with Crippen LogP contribution in [0.15, 0.2) is 35.0 Å². The highest BCUT2D eigenvalue weighted by Gasteiger charge is 2.19. The first-order valence-electron chi connectivity index (χ1n) is 5.34. The molecule has 0 atom stereocenters. The molecule has 0 saturated heterocycles. The lowest BCUT2D eigenvalue weighted by atomic mass is 10.1. The molecule has 0 unspecified atom stereocenters. The molecular formula is C12H10N2O4S. The Bertz CT molecular complexity index is 610. The van der Waals surface area contributed by atoms with Crippen LogP contribution in [0.4, 0.5) is 11.4 Å². The molecule has 7 heteroatoms. The number of hydrogen-bond acceptors (Lipinski definition) is 5. The van der Waals surface area contributed by atoms with E-state index in [1.54, 1.807) is 11.3 Å². The number of rotatable bonds is 5. The summed E-state index contributed by atoms with van der Waals surface area (Å²) in [5.41, 5.74) is 0.878. The Morgan fingerprint density at radius 3 is 2.79 bits per heavy atom. The normalized spacial score (nSPS) is 10.1. The number of nitrogens with one attached hydrogen (secondary N) is 1. The summed E-state index contributed by atoms with van der Waals surface area (Å²) in [5.74, 6) is -1.31. The fourth-order valence-electron chi connectivity index (χ4n) is 1.57. The zero-order valence-electron chi connectivity index (χ0n) is 9.70. The molecule has 6 nitrogen and oxygen atoms in total. The lowest BCUT2D eigenvalue weighted by molar-refractivity contribution is -0.385. The van der Waals surface area contributed by atoms with Crippen LogP contribution >= 0.6 is 11.3 Å². The minimum atomic E-state index is -1.31. The summed E-state index contributed by atoms with van der Waals surface area (Å²) in [6.45, 7) is 0.542. The Hall–Kier alpha value is -2.41. The van der Waals surface area contributed by atoms with Crippen LogP contribution in [0.2, 0.25) is 0 Å². The number of benzene rings is 1. The van der Waals surface area contributed by atoms with Gasteiger partial charge in [-0.25, -0.2) is 4.79 Å². The molecule has 1 heterocycles. The van der Waals surface area contributed by atoms with Crippen molar-refractivity contribution in [3.05, 3.63) is 56.3 Å². The number of nitro groups is 1. The average Bonchev–Trinajstić information content (AvgIpc) is 2.88. The van der Waals surface area contributed by atoms with Crippen LogP contribution in [-0.2, 0) is 6.54 Å². The number of aromatic carboxylic acids is 1. The first-order valence-corrected chi connectivity index (χ1v) is 6.29. The topological polar surface area (TPSA) is 92.5 Å². The number of nitro benzene ring substituents is 1. The summed E-state index contributed by atoms with van der Waals surface area (Å²) in [6, 6.07) is 5.91. The van der Waals surface area contributed by atoms with E-state index < -0.39 is 16.6 Å². The van der Waals surface area contributed by atoms with Gasteiger partial charge in [0.2, 0.25) is 0 Å². The molecule has 0 saturated carbocycles. The van der Waals surface area contributed by atoms with E-state index >= 15 is 0 Å². The summed E-state index contributed by atoms with van der Waals surface area (Å²) < 4.78 is 0. The van der Waals surface area contributed by atoms with Crippen molar-refractivity contribution in [1.29, 1.82) is 0 Å². The number of nitrogens with zero attached hydrogens (tertiary/aromatic N) is 1. The number of carboxylic acids is 1. The van der Waals surface area contributed by atoms with Gasteiger partial charge in [-0.1, -0.05) is 0 Å². The van der Waals surface area contributed by atoms with E-state index in [2.05, 4.69) is 5.32 Å². The van der Waals surface area contributed by atoms with Gasteiger partial charge in [0.05, 0.1) is 4.92 Å². The molecule has 0 aliphatic carbocycles. The first kappa shape index (κ1) is 13.0. The van der Waals surface area contributed by atoms with Crippen LogP contribution in [0, 0.1) is 10.1 Å². The molecule has 0 bridgehead atoms. The first-order chi connectivity index (χ1) is 9.08. The van der Waals surface area contributed by atoms with Crippen LogP contribution in [0.5, 0.6) is 0 Å². The number of anilines is 1. The largest absolute Gasteiger partial charge is 0.477 e. The number of thiophene rings is 1. The zero-order valence-corrected chi connectivity index (χ0v) is 10.5. The maximum absolute atomic E-state index is 11.0. The van der Waals surface area contributed by atoms with Crippen molar-refractivity contribution < 1.29 is 14.8 Å². The van der Waals surface area contributed by atoms with Crippen molar-refractivity contribution in [1.82, 2.24) is 0 Å². The van der Waals surface area contributed by atoms with Crippen LogP contribution in [0.3, 0.4) is 0 Å². The smallest absolute Gasteiger partial charge is 0.342 e. The minimum Gasteiger partial charge on any atom is -0.477 e. The summed E-state index contributed by atoms with van der Waals surface area (Å²) >= 11 is 1.57. The quantitative estimate of drug-likeness (QED) is 0.648. The maximum Gasteiger partial charge on any atom is 0.342 e. The second kappa shape index (κ2) is 5.49. The molecule has 1 aromatic heterocycles. The fraction of sp³-hybridized carbons (Fsp3) is 0.0833. The second-order valence-electron chi connectivity index (χ2n) is 3.78. The van der Waals surface area contributed by atoms with Crippen molar-refractivity contribution in [2.75, 3.05) is 5.32 Å². The Morgan fingerprint density at radius 2 is 2.21 bits per heavy atom. The summed E-state index contributed by atoms with van der Waals surface area (Å²) in [7, 11) is 0. The standard InChI is InChI=1S/C12H10N2O4S/c15-12(16)10-5-9(1-2-11(10)14(17)18)13-6-8-3-4-19-7-8/h1-5,7,13H,6H2,(H,15,16). The van der Waals surface area contributed by atoms with E-state index in [4.69, 9.17) is 5.11 Å². The number of carbonyl (C=O) groups is 1. The monoisotopic (exact) mass is 278 g/mol. The van der Waals surface area contributed by atoms with E-state index in [0.717, 1.165) is 5.56 Å². The van der Waals surface area contributed by atoms with Gasteiger partial charge in [-0.2, -0.15) is 11.3 Å². The van der Waals surface area contributed by atoms with Crippen LogP contribution in [0.1, 0.15) is 15.9 Å². The van der Waals surface area contributed by atoms with E-state index in [0.29, 0.717) is 12.2 Å². The van der Waals surface area contributed by atoms with Gasteiger partial charge in [0, 0.05) is 18.3 Å². The number of hydrogen-bond donors (Lipinski definition) is 2. The Balaban J connectivity index is 2.20. The van der Waals surface area contributed by atoms with Gasteiger partial charge in [-0.15, -0.1) is 0 Å². The van der Waals surface area contributed by atoms with E-state index in [1.165, 1.54) is 18.2 Å². The summed E-state index contributed by atoms with van der Waals surface area (Å²) in [4.78, 5) is 21.0. The van der Waals surface area contributed by atoms with Gasteiger partial charge >= 0.3 is 5.97 Å². The highest BCUT2D eigenvalue weighted by Crippen LogP contribution is 2.23. The highest BCUT2D eigenvalue weighted by molar-refractivity contribution is 7.07. The lowest BCUT2D eigenvalue weighted by Crippen LogP contribution is -2.05. The van der Waals surface area contributed by atoms with Gasteiger partial charge in [-0.3, -0.25) is 10.1 Å². The third-order valence-electron chi connectivity index (χ3n) is 2.50. The van der Waals surface area contributed by atoms with Gasteiger partial charge in [0.1, 0.15) is 5.56 Å². The Morgan fingerprint density at radius 1 is 1.42 bits per heavy atom. The maximum atomic E-state index is 11.0. The van der Waals surface area contributed by atoms with Crippen molar-refractivity contribution in [3.63, 3.8) is 0 Å². The van der Waals surface area contributed by atoms with Crippen LogP contribution < -0.4 is 5.32 Å². The molecular weight excluding hydrogens is 268 g/mol. The third kappa shape index (κ3) is 3.08. The van der Waals surface area contributed by atoms with Crippen LogP contribution in [-0.4, -0.2) is 16.0 Å². The molecule has 0 aliphatic heterocycles. The molecule has 1 aromatic carbocycles. The molecule has 2 aromatic rings. The fourth-order valence-corrected chi connectivity index (χ4v) is 2.24. The summed E-state index contributed by atoms with van der Waals surface area (Å²) in [6.07, 6.45) is 0. The number of carboxylic acid groups (broad SMARTS) is 1. The summed E-state index contributed by atoms with van der Waals surface area (Å²) in [5, 5.41) is 26.6. The van der Waals surface area contributed by atoms with Crippen molar-refractivity contribution in [2.24, 2.45) is 0 Å². The van der Waals surface area contributed by atoms with Gasteiger partial charge in [0.15, 0.2) is 0 Å². The minimum absolute atomic E-state index is 0.319. The van der Waals surface area contributed by atoms with Crippen molar-refractivity contribution in [2.45, 2.75) is 6.54 Å². The molecule has 0 aliphatic rings. The molecule has 0 amide bonds. The Kier molecular flexibility index (Phi) is 3.76. The molecule has 0 spiro atoms. The van der Waals surface area contributed by atoms with E-state index in [9.17, 15) is 14.9 Å². The van der Waals surface area contributed by atoms with E-state index in [-0.39, 0.29) is 5.56 Å². The highest BCUT2D eigenvalue weighted by atomic mass is 32.1. The molecule has 0 fully saturated rings. The van der Waals surface area contributed by atoms with Gasteiger partial charge in [-0.05, 0) is 34.5 Å². The molecule has 0 radical (unpaired) electrons. The van der Waals surface area contributed by atoms with Crippen LogP contribution in [0.25, 0.3) is 0 Å². The molecule has 2 N–H and O–H groups in total. The molecule has 98 valence electrons. The zero-order chi connectivity index (χ0) is 13.8. The predicted molar refractivity (Wildman–Crippen MR) is 71.7 cm³/mol. The van der Waals surface area contributed by atoms with Crippen molar-refractivity contribution in [3.8, 4) is 0 Å². The van der Waals surface area contributed by atoms with Gasteiger partial charge < -0.3 is 10.4 Å². The predicted octanol–water partition coefficient (Wildman–Crippen LogP) is 2.97.